The number of aromatic nitrogens is 1. The summed E-state index contributed by atoms with van der Waals surface area (Å²) in [5.41, 5.74) is 1.52. The van der Waals surface area contributed by atoms with E-state index in [1.165, 1.54) is 0 Å². The van der Waals surface area contributed by atoms with Crippen LogP contribution < -0.4 is 15.0 Å². The van der Waals surface area contributed by atoms with Gasteiger partial charge < -0.3 is 14.5 Å². The fraction of sp³-hybridized carbons (Fsp3) is 0.333. The van der Waals surface area contributed by atoms with Crippen LogP contribution in [0.1, 0.15) is 32.0 Å². The van der Waals surface area contributed by atoms with Crippen LogP contribution in [0.15, 0.2) is 25.9 Å². The molecule has 1 heterocycles. The van der Waals surface area contributed by atoms with Crippen molar-refractivity contribution in [1.82, 2.24) is 4.98 Å². The zero-order chi connectivity index (χ0) is 18.7. The van der Waals surface area contributed by atoms with Crippen molar-refractivity contribution in [3.05, 3.63) is 42.7 Å². The lowest BCUT2D eigenvalue weighted by Crippen LogP contribution is -2.13. The topological polar surface area (TPSA) is 75.1 Å². The summed E-state index contributed by atoms with van der Waals surface area (Å²) in [6, 6.07) is 5.53. The van der Waals surface area contributed by atoms with Gasteiger partial charge in [-0.05, 0) is 71.7 Å². The van der Waals surface area contributed by atoms with Gasteiger partial charge in [-0.3, -0.25) is 4.79 Å². The van der Waals surface area contributed by atoms with E-state index in [-0.39, 0.29) is 11.7 Å². The normalized spacial score (nSPS) is 10.6. The van der Waals surface area contributed by atoms with E-state index in [2.05, 4.69) is 36.8 Å². The zero-order valence-corrected chi connectivity index (χ0v) is 17.5. The summed E-state index contributed by atoms with van der Waals surface area (Å²) in [5.74, 6) is 1.12. The molecule has 1 aromatic carbocycles. The van der Waals surface area contributed by atoms with Crippen molar-refractivity contribution in [2.75, 3.05) is 6.61 Å². The van der Waals surface area contributed by atoms with Gasteiger partial charge in [-0.15, -0.1) is 0 Å². The summed E-state index contributed by atoms with van der Waals surface area (Å²) in [7, 11) is 0. The number of aromatic amines is 1. The van der Waals surface area contributed by atoms with Gasteiger partial charge in [-0.2, -0.15) is 5.26 Å². The SMILES string of the molecule is CCOc1cc(-c2cc(C)[nH]c(=O)c2C#N)c(Br)c(Br)c1OC(C)C. The molecule has 7 heteroatoms. The third-order valence-corrected chi connectivity index (χ3v) is 5.46. The van der Waals surface area contributed by atoms with E-state index < -0.39 is 5.56 Å². The smallest absolute Gasteiger partial charge is 0.266 e. The number of hydrogen-bond donors (Lipinski definition) is 1. The standard InChI is InChI=1S/C18H18Br2N2O3/c1-5-24-14-7-12(15(19)16(20)17(14)25-9(2)3)11-6-10(4)22-18(23)13(11)8-21/h6-7,9H,5H2,1-4H3,(H,22,23). The Balaban J connectivity index is 2.81. The molecule has 0 spiro atoms. The van der Waals surface area contributed by atoms with Gasteiger partial charge in [0.25, 0.3) is 5.56 Å². The van der Waals surface area contributed by atoms with E-state index in [1.807, 2.05) is 26.8 Å². The van der Waals surface area contributed by atoms with Crippen molar-refractivity contribution in [3.8, 4) is 28.7 Å². The van der Waals surface area contributed by atoms with E-state index >= 15 is 0 Å². The van der Waals surface area contributed by atoms with Crippen molar-refractivity contribution in [2.45, 2.75) is 33.8 Å². The Morgan fingerprint density at radius 1 is 1.24 bits per heavy atom. The largest absolute Gasteiger partial charge is 0.490 e. The maximum atomic E-state index is 12.1. The van der Waals surface area contributed by atoms with Gasteiger partial charge in [0.1, 0.15) is 11.6 Å². The quantitative estimate of drug-likeness (QED) is 0.673. The van der Waals surface area contributed by atoms with Crippen LogP contribution in [0.4, 0.5) is 0 Å². The Morgan fingerprint density at radius 2 is 1.92 bits per heavy atom. The number of pyridine rings is 1. The number of halogens is 2. The molecule has 5 nitrogen and oxygen atoms in total. The van der Waals surface area contributed by atoms with Crippen LogP contribution in [0, 0.1) is 18.3 Å². The monoisotopic (exact) mass is 468 g/mol. The molecule has 0 bridgehead atoms. The van der Waals surface area contributed by atoms with Gasteiger partial charge in [0.05, 0.1) is 17.2 Å². The molecular weight excluding hydrogens is 452 g/mol. The maximum Gasteiger partial charge on any atom is 0.266 e. The lowest BCUT2D eigenvalue weighted by atomic mass is 10.0. The van der Waals surface area contributed by atoms with Crippen molar-refractivity contribution in [2.24, 2.45) is 0 Å². The van der Waals surface area contributed by atoms with Crippen molar-refractivity contribution in [3.63, 3.8) is 0 Å². The number of nitriles is 1. The molecule has 0 atom stereocenters. The number of nitrogens with one attached hydrogen (secondary N) is 1. The number of H-pyrrole nitrogens is 1. The Hall–Kier alpha value is -1.78. The second-order valence-corrected chi connectivity index (χ2v) is 7.25. The van der Waals surface area contributed by atoms with Crippen molar-refractivity contribution in [1.29, 1.82) is 5.26 Å². The van der Waals surface area contributed by atoms with Crippen molar-refractivity contribution < 1.29 is 9.47 Å². The Labute approximate surface area is 163 Å². The highest BCUT2D eigenvalue weighted by atomic mass is 79.9. The van der Waals surface area contributed by atoms with Crippen LogP contribution in [0.5, 0.6) is 11.5 Å². The summed E-state index contributed by atoms with van der Waals surface area (Å²) in [5, 5.41) is 9.40. The molecule has 0 saturated carbocycles. The van der Waals surface area contributed by atoms with Gasteiger partial charge in [0.2, 0.25) is 0 Å². The Bertz CT molecular complexity index is 899. The number of benzene rings is 1. The minimum absolute atomic E-state index is 0.0373. The molecule has 2 aromatic rings. The predicted octanol–water partition coefficient (Wildman–Crippen LogP) is 4.93. The average Bonchev–Trinajstić information content (AvgIpc) is 2.53. The number of rotatable bonds is 5. The minimum atomic E-state index is -0.416. The first-order valence-electron chi connectivity index (χ1n) is 7.75. The lowest BCUT2D eigenvalue weighted by molar-refractivity contribution is 0.222. The van der Waals surface area contributed by atoms with Gasteiger partial charge in [-0.25, -0.2) is 0 Å². The van der Waals surface area contributed by atoms with Crippen LogP contribution in [0.2, 0.25) is 0 Å². The molecule has 0 radical (unpaired) electrons. The molecule has 25 heavy (non-hydrogen) atoms. The molecule has 1 aromatic heterocycles. The van der Waals surface area contributed by atoms with E-state index in [4.69, 9.17) is 9.47 Å². The summed E-state index contributed by atoms with van der Waals surface area (Å²) in [4.78, 5) is 14.8. The molecule has 0 aliphatic heterocycles. The molecule has 132 valence electrons. The first-order valence-corrected chi connectivity index (χ1v) is 9.34. The van der Waals surface area contributed by atoms with E-state index in [0.717, 1.165) is 0 Å². The average molecular weight is 470 g/mol. The van der Waals surface area contributed by atoms with Crippen LogP contribution >= 0.6 is 31.9 Å². The molecule has 0 unspecified atom stereocenters. The van der Waals surface area contributed by atoms with Crippen molar-refractivity contribution >= 4 is 31.9 Å². The van der Waals surface area contributed by atoms with Gasteiger partial charge in [0, 0.05) is 21.3 Å². The highest BCUT2D eigenvalue weighted by Crippen LogP contribution is 2.47. The molecule has 0 fully saturated rings. The van der Waals surface area contributed by atoms with E-state index in [9.17, 15) is 10.1 Å². The Morgan fingerprint density at radius 3 is 2.48 bits per heavy atom. The summed E-state index contributed by atoms with van der Waals surface area (Å²) in [6.45, 7) is 7.97. The number of ether oxygens (including phenoxy) is 2. The molecule has 0 aliphatic rings. The first-order chi connectivity index (χ1) is 11.8. The predicted molar refractivity (Wildman–Crippen MR) is 104 cm³/mol. The minimum Gasteiger partial charge on any atom is -0.490 e. The number of aryl methyl sites for hydroxylation is 1. The zero-order valence-electron chi connectivity index (χ0n) is 14.4. The summed E-state index contributed by atoms with van der Waals surface area (Å²) >= 11 is 7.09. The molecule has 0 amide bonds. The Kier molecular flexibility index (Phi) is 6.31. The molecule has 2 rings (SSSR count). The van der Waals surface area contributed by atoms with Crippen LogP contribution in [-0.2, 0) is 0 Å². The van der Waals surface area contributed by atoms with Crippen LogP contribution in [0.3, 0.4) is 0 Å². The fourth-order valence-corrected chi connectivity index (χ4v) is 3.41. The molecule has 1 N–H and O–H groups in total. The van der Waals surface area contributed by atoms with Gasteiger partial charge in [-0.1, -0.05) is 0 Å². The second kappa shape index (κ2) is 8.07. The summed E-state index contributed by atoms with van der Waals surface area (Å²) < 4.78 is 13.0. The maximum absolute atomic E-state index is 12.1. The first kappa shape index (κ1) is 19.5. The van der Waals surface area contributed by atoms with Gasteiger partial charge >= 0.3 is 0 Å². The molecule has 0 saturated heterocycles. The van der Waals surface area contributed by atoms with Gasteiger partial charge in [0.15, 0.2) is 11.5 Å². The highest BCUT2D eigenvalue weighted by molar-refractivity contribution is 9.13. The second-order valence-electron chi connectivity index (χ2n) is 5.66. The molecule has 0 aliphatic carbocycles. The highest BCUT2D eigenvalue weighted by Gasteiger charge is 2.22. The van der Waals surface area contributed by atoms with E-state index in [0.29, 0.717) is 43.9 Å². The summed E-state index contributed by atoms with van der Waals surface area (Å²) in [6.07, 6.45) is -0.0373. The van der Waals surface area contributed by atoms with Crippen LogP contribution in [0.25, 0.3) is 11.1 Å². The lowest BCUT2D eigenvalue weighted by Gasteiger charge is -2.19. The van der Waals surface area contributed by atoms with Crippen LogP contribution in [-0.4, -0.2) is 17.7 Å². The third-order valence-electron chi connectivity index (χ3n) is 3.35. The number of hydrogen-bond acceptors (Lipinski definition) is 4. The van der Waals surface area contributed by atoms with E-state index in [1.54, 1.807) is 19.1 Å². The molecular formula is C18H18Br2N2O3. The number of nitrogens with zero attached hydrogens (tertiary/aromatic N) is 1. The third kappa shape index (κ3) is 4.07. The fourth-order valence-electron chi connectivity index (χ4n) is 2.40.